The number of aliphatic hydroxyl groups is 8. The Kier molecular flexibility index (Phi) is 19.7. The zero-order valence-electron chi connectivity index (χ0n) is 32.1. The minimum absolute atomic E-state index is 0.214. The largest absolute Gasteiger partial charge is 0.756 e. The second-order valence-corrected chi connectivity index (χ2v) is 16.5. The van der Waals surface area contributed by atoms with E-state index in [-0.39, 0.29) is 13.2 Å². The summed E-state index contributed by atoms with van der Waals surface area (Å²) >= 11 is 0. The van der Waals surface area contributed by atoms with Gasteiger partial charge in [0.25, 0.3) is 7.82 Å². The Hall–Kier alpha value is -1.02. The molecule has 55 heavy (non-hydrogen) atoms. The molecule has 0 saturated carbocycles. The second kappa shape index (κ2) is 22.4. The van der Waals surface area contributed by atoms with Gasteiger partial charge in [0.05, 0.1) is 41.0 Å². The van der Waals surface area contributed by atoms with Crippen LogP contribution in [-0.2, 0) is 46.8 Å². The first-order valence-electron chi connectivity index (χ1n) is 18.7. The van der Waals surface area contributed by atoms with Crippen LogP contribution in [-0.4, -0.2) is 204 Å². The van der Waals surface area contributed by atoms with E-state index >= 15 is 0 Å². The van der Waals surface area contributed by atoms with Gasteiger partial charge in [0, 0.05) is 13.5 Å². The van der Waals surface area contributed by atoms with Crippen molar-refractivity contribution in [3.63, 3.8) is 0 Å². The summed E-state index contributed by atoms with van der Waals surface area (Å²) in [5.74, 6) is -0.713. The molecule has 0 bridgehead atoms. The Bertz CT molecular complexity index is 1180. The Balaban J connectivity index is 1.73. The van der Waals surface area contributed by atoms with E-state index in [9.17, 15) is 55.1 Å². The molecule has 9 N–H and O–H groups in total. The van der Waals surface area contributed by atoms with Crippen LogP contribution in [0.2, 0.25) is 0 Å². The smallest absolute Gasteiger partial charge is 0.268 e. The average Bonchev–Trinajstić information content (AvgIpc) is 3.11. The third kappa shape index (κ3) is 14.3. The van der Waals surface area contributed by atoms with Crippen LogP contribution in [0.3, 0.4) is 0 Å². The molecule has 0 aromatic heterocycles. The SMILES string of the molecule is CCCCCCCCO[C@@H]1O[C@H](CO)[C@@H](O[C@@H]2O[C@H](CO)[C@@H](O)[C@H](O[C@@H]3O[C@H](COP(=O)([O-])OCC[N+](C)(C)C)[C@@H](O)[C@H](O)[C@H]3NC(C)=O)[C@@H]2O)[C@H](O)[C@H]1O. The summed E-state index contributed by atoms with van der Waals surface area (Å²) in [6, 6.07) is -1.56. The van der Waals surface area contributed by atoms with Crippen molar-refractivity contribution >= 4 is 13.7 Å². The van der Waals surface area contributed by atoms with E-state index in [1.807, 2.05) is 21.1 Å². The van der Waals surface area contributed by atoms with Gasteiger partial charge in [-0.3, -0.25) is 9.36 Å². The molecule has 1 unspecified atom stereocenters. The Morgan fingerprint density at radius 3 is 1.93 bits per heavy atom. The fraction of sp³-hybridized carbons (Fsp3) is 0.970. The van der Waals surface area contributed by atoms with Crippen LogP contribution in [0.25, 0.3) is 0 Å². The molecule has 0 aliphatic carbocycles. The van der Waals surface area contributed by atoms with Gasteiger partial charge in [-0.05, 0) is 6.42 Å². The number of amides is 1. The molecule has 22 heteroatoms. The number of rotatable bonds is 22. The number of carbonyl (C=O) groups is 1. The number of phosphoric ester groups is 1. The number of nitrogens with zero attached hydrogens (tertiary/aromatic N) is 1. The summed E-state index contributed by atoms with van der Waals surface area (Å²) in [5, 5.41) is 88.6. The highest BCUT2D eigenvalue weighted by atomic mass is 31.2. The minimum Gasteiger partial charge on any atom is -0.756 e. The van der Waals surface area contributed by atoms with E-state index in [1.165, 1.54) is 0 Å². The molecule has 3 aliphatic rings. The van der Waals surface area contributed by atoms with Gasteiger partial charge >= 0.3 is 0 Å². The molecule has 3 heterocycles. The van der Waals surface area contributed by atoms with E-state index in [2.05, 4.69) is 12.2 Å². The standard InChI is InChI=1S/C33H63N2O19P/c1-6-7-8-9-10-11-13-47-32-27(43)26(42)29(20(16-37)51-32)53-33-28(44)30(24(40)19(15-36)50-33)54-31-22(34-18(2)38)25(41)23(39)21(52-31)17-49-55(45,46)48-14-12-35(3,4)5/h19-33,36-37,39-44H,6-17H2,1-5H3,(H-,34,38,45,46)/t19-,20-,21-,22-,23-,24-,25-,26-,27-,28+,29-,30+,31+,32-,33+/m1/s1. The zero-order chi connectivity index (χ0) is 41.1. The summed E-state index contributed by atoms with van der Waals surface area (Å²) in [7, 11) is 0.510. The van der Waals surface area contributed by atoms with Crippen LogP contribution in [0.5, 0.6) is 0 Å². The molecular formula is C33H63N2O19P. The molecule has 0 spiro atoms. The second-order valence-electron chi connectivity index (χ2n) is 15.1. The maximum atomic E-state index is 12.4. The summed E-state index contributed by atoms with van der Waals surface area (Å²) in [4.78, 5) is 24.5. The number of quaternary nitrogens is 1. The number of carbonyl (C=O) groups excluding carboxylic acids is 1. The monoisotopic (exact) mass is 822 g/mol. The lowest BCUT2D eigenvalue weighted by Crippen LogP contribution is -2.68. The molecule has 3 rings (SSSR count). The van der Waals surface area contributed by atoms with E-state index in [0.717, 1.165) is 39.0 Å². The molecule has 324 valence electrons. The number of ether oxygens (including phenoxy) is 6. The summed E-state index contributed by atoms with van der Waals surface area (Å²) in [6.45, 7) is 1.04. The Labute approximate surface area is 321 Å². The third-order valence-corrected chi connectivity index (χ3v) is 10.4. The zero-order valence-corrected chi connectivity index (χ0v) is 33.0. The first-order chi connectivity index (χ1) is 25.8. The number of aliphatic hydroxyl groups excluding tert-OH is 8. The number of phosphoric acid groups is 1. The van der Waals surface area contributed by atoms with Crippen molar-refractivity contribution in [2.75, 3.05) is 60.7 Å². The number of nitrogens with one attached hydrogen (secondary N) is 1. The number of hydrogen-bond donors (Lipinski definition) is 9. The lowest BCUT2D eigenvalue weighted by molar-refractivity contribution is -0.870. The molecule has 0 aromatic carbocycles. The van der Waals surface area contributed by atoms with Crippen LogP contribution < -0.4 is 10.2 Å². The lowest BCUT2D eigenvalue weighted by atomic mass is 9.95. The van der Waals surface area contributed by atoms with Crippen molar-refractivity contribution in [1.82, 2.24) is 5.32 Å². The highest BCUT2D eigenvalue weighted by molar-refractivity contribution is 7.45. The van der Waals surface area contributed by atoms with E-state index in [4.69, 9.17) is 37.5 Å². The van der Waals surface area contributed by atoms with Gasteiger partial charge in [0.2, 0.25) is 5.91 Å². The molecule has 3 saturated heterocycles. The first-order valence-corrected chi connectivity index (χ1v) is 20.2. The van der Waals surface area contributed by atoms with Crippen LogP contribution in [0, 0.1) is 0 Å². The number of unbranched alkanes of at least 4 members (excludes halogenated alkanes) is 5. The highest BCUT2D eigenvalue weighted by Gasteiger charge is 2.54. The fourth-order valence-corrected chi connectivity index (χ4v) is 6.99. The van der Waals surface area contributed by atoms with Gasteiger partial charge in [-0.25, -0.2) is 0 Å². The average molecular weight is 823 g/mol. The van der Waals surface area contributed by atoms with Crippen LogP contribution in [0.15, 0.2) is 0 Å². The predicted octanol–water partition coefficient (Wildman–Crippen LogP) is -3.83. The fourth-order valence-electron chi connectivity index (χ4n) is 6.28. The van der Waals surface area contributed by atoms with Crippen LogP contribution in [0.4, 0.5) is 0 Å². The maximum Gasteiger partial charge on any atom is 0.268 e. The van der Waals surface area contributed by atoms with Crippen LogP contribution >= 0.6 is 7.82 Å². The van der Waals surface area contributed by atoms with Crippen molar-refractivity contribution in [2.45, 2.75) is 144 Å². The minimum atomic E-state index is -4.93. The summed E-state index contributed by atoms with van der Waals surface area (Å²) < 4.78 is 56.9. The van der Waals surface area contributed by atoms with Crippen molar-refractivity contribution in [3.05, 3.63) is 0 Å². The van der Waals surface area contributed by atoms with E-state index in [1.54, 1.807) is 0 Å². The molecule has 0 aromatic rings. The van der Waals surface area contributed by atoms with E-state index < -0.39 is 126 Å². The number of hydrogen-bond acceptors (Lipinski definition) is 19. The van der Waals surface area contributed by atoms with Crippen LogP contribution in [0.1, 0.15) is 52.4 Å². The van der Waals surface area contributed by atoms with Gasteiger partial charge in [0.1, 0.15) is 86.3 Å². The lowest BCUT2D eigenvalue weighted by Gasteiger charge is -2.49. The van der Waals surface area contributed by atoms with E-state index in [0.29, 0.717) is 17.4 Å². The molecule has 21 nitrogen and oxygen atoms in total. The highest BCUT2D eigenvalue weighted by Crippen LogP contribution is 2.40. The number of likely N-dealkylation sites (N-methyl/N-ethyl adjacent to an activating group) is 1. The van der Waals surface area contributed by atoms with Crippen molar-refractivity contribution in [1.29, 1.82) is 0 Å². The molecule has 3 fully saturated rings. The summed E-state index contributed by atoms with van der Waals surface area (Å²) in [6.07, 6.45) is -17.8. The third-order valence-electron chi connectivity index (χ3n) is 9.48. The normalized spacial score (nSPS) is 38.4. The molecule has 16 atom stereocenters. The molecule has 1 amide bonds. The predicted molar refractivity (Wildman–Crippen MR) is 185 cm³/mol. The van der Waals surface area contributed by atoms with Crippen molar-refractivity contribution in [3.8, 4) is 0 Å². The summed E-state index contributed by atoms with van der Waals surface area (Å²) in [5.41, 5.74) is 0. The van der Waals surface area contributed by atoms with Gasteiger partial charge in [-0.1, -0.05) is 39.0 Å². The topological polar surface area (TPSA) is 305 Å². The Morgan fingerprint density at radius 2 is 1.31 bits per heavy atom. The first kappa shape index (κ1) is 48.3. The molecule has 0 radical (unpaired) electrons. The Morgan fingerprint density at radius 1 is 0.709 bits per heavy atom. The van der Waals surface area contributed by atoms with Gasteiger partial charge < -0.3 is 93.0 Å². The molecule has 3 aliphatic heterocycles. The van der Waals surface area contributed by atoms with Gasteiger partial charge in [0.15, 0.2) is 18.9 Å². The van der Waals surface area contributed by atoms with Crippen molar-refractivity contribution < 1.29 is 97.1 Å². The quantitative estimate of drug-likeness (QED) is 0.0287. The molecular weight excluding hydrogens is 759 g/mol. The van der Waals surface area contributed by atoms with Crippen molar-refractivity contribution in [2.24, 2.45) is 0 Å². The maximum absolute atomic E-state index is 12.4. The van der Waals surface area contributed by atoms with Gasteiger partial charge in [-0.2, -0.15) is 0 Å². The van der Waals surface area contributed by atoms with Gasteiger partial charge in [-0.15, -0.1) is 0 Å².